The predicted octanol–water partition coefficient (Wildman–Crippen LogP) is 10.9. The summed E-state index contributed by atoms with van der Waals surface area (Å²) < 4.78 is 12.7. The molecule has 0 fully saturated rings. The molecule has 5 aromatic carbocycles. The van der Waals surface area contributed by atoms with E-state index >= 15 is 0 Å². The molecule has 0 radical (unpaired) electrons. The summed E-state index contributed by atoms with van der Waals surface area (Å²) in [6.45, 7) is 0. The van der Waals surface area contributed by atoms with Gasteiger partial charge >= 0.3 is 0 Å². The summed E-state index contributed by atoms with van der Waals surface area (Å²) in [7, 11) is 0. The molecule has 0 N–H and O–H groups in total. The Bertz CT molecular complexity index is 2470. The van der Waals surface area contributed by atoms with Crippen LogP contribution in [0.2, 0.25) is 0 Å². The second-order valence-corrected chi connectivity index (χ2v) is 11.0. The van der Waals surface area contributed by atoms with Crippen molar-refractivity contribution in [3.8, 4) is 44.9 Å². The molecule has 0 aliphatic heterocycles. The van der Waals surface area contributed by atoms with E-state index in [2.05, 4.69) is 102 Å². The van der Waals surface area contributed by atoms with Crippen molar-refractivity contribution >= 4 is 43.9 Å². The second kappa shape index (κ2) is 9.79. The summed E-state index contributed by atoms with van der Waals surface area (Å²) in [5.41, 5.74) is 11.7. The van der Waals surface area contributed by atoms with E-state index < -0.39 is 0 Å². The van der Waals surface area contributed by atoms with Crippen LogP contribution < -0.4 is 0 Å². The molecular formula is C40H24N2O2. The van der Waals surface area contributed by atoms with Crippen molar-refractivity contribution in [1.82, 2.24) is 9.97 Å². The molecule has 0 saturated carbocycles. The van der Waals surface area contributed by atoms with Gasteiger partial charge in [-0.05, 0) is 82.9 Å². The minimum atomic E-state index is 0.853. The normalized spacial score (nSPS) is 11.6. The molecule has 9 aromatic rings. The van der Waals surface area contributed by atoms with Gasteiger partial charge in [0.15, 0.2) is 0 Å². The number of furan rings is 2. The Hall–Kier alpha value is -6.00. The maximum atomic E-state index is 6.35. The lowest BCUT2D eigenvalue weighted by atomic mass is 10.00. The van der Waals surface area contributed by atoms with Gasteiger partial charge in [-0.15, -0.1) is 0 Å². The van der Waals surface area contributed by atoms with Crippen molar-refractivity contribution in [3.63, 3.8) is 0 Å². The van der Waals surface area contributed by atoms with Crippen LogP contribution in [0.15, 0.2) is 155 Å². The summed E-state index contributed by atoms with van der Waals surface area (Å²) in [6.07, 6.45) is 1.79. The second-order valence-electron chi connectivity index (χ2n) is 11.0. The zero-order valence-corrected chi connectivity index (χ0v) is 23.6. The molecule has 0 amide bonds. The van der Waals surface area contributed by atoms with Crippen LogP contribution in [0.5, 0.6) is 0 Å². The molecule has 206 valence electrons. The average molecular weight is 565 g/mol. The molecule has 0 atom stereocenters. The maximum absolute atomic E-state index is 6.35. The van der Waals surface area contributed by atoms with Gasteiger partial charge in [0.1, 0.15) is 22.3 Å². The van der Waals surface area contributed by atoms with Crippen molar-refractivity contribution < 1.29 is 8.83 Å². The number of nitrogens with zero attached hydrogens (tertiary/aromatic N) is 2. The Kier molecular flexibility index (Phi) is 5.47. The third kappa shape index (κ3) is 4.08. The number of fused-ring (bicyclic) bond motifs is 6. The average Bonchev–Trinajstić information content (AvgIpc) is 3.64. The molecule has 0 unspecified atom stereocenters. The maximum Gasteiger partial charge on any atom is 0.136 e. The summed E-state index contributed by atoms with van der Waals surface area (Å²) in [6, 6.07) is 47.9. The Balaban J connectivity index is 1.09. The third-order valence-electron chi connectivity index (χ3n) is 8.36. The number of hydrogen-bond donors (Lipinski definition) is 0. The van der Waals surface area contributed by atoms with Gasteiger partial charge in [0.2, 0.25) is 0 Å². The molecule has 4 nitrogen and oxygen atoms in total. The lowest BCUT2D eigenvalue weighted by Crippen LogP contribution is -1.89. The van der Waals surface area contributed by atoms with Gasteiger partial charge in [-0.1, -0.05) is 78.9 Å². The largest absolute Gasteiger partial charge is 0.456 e. The number of aromatic nitrogens is 2. The molecule has 4 aromatic heterocycles. The quantitative estimate of drug-likeness (QED) is 0.213. The molecule has 0 aliphatic rings. The molecule has 9 rings (SSSR count). The summed E-state index contributed by atoms with van der Waals surface area (Å²) in [5, 5.41) is 4.26. The molecule has 0 saturated heterocycles. The number of hydrogen-bond acceptors (Lipinski definition) is 4. The topological polar surface area (TPSA) is 52.1 Å². The van der Waals surface area contributed by atoms with Crippen LogP contribution in [0.1, 0.15) is 0 Å². The van der Waals surface area contributed by atoms with Gasteiger partial charge in [-0.3, -0.25) is 4.98 Å². The number of benzene rings is 5. The van der Waals surface area contributed by atoms with Crippen LogP contribution in [0.3, 0.4) is 0 Å². The van der Waals surface area contributed by atoms with E-state index in [1.807, 2.05) is 42.5 Å². The van der Waals surface area contributed by atoms with Crippen molar-refractivity contribution in [2.75, 3.05) is 0 Å². The smallest absolute Gasteiger partial charge is 0.136 e. The summed E-state index contributed by atoms with van der Waals surface area (Å²) >= 11 is 0. The van der Waals surface area contributed by atoms with E-state index in [9.17, 15) is 0 Å². The zero-order valence-electron chi connectivity index (χ0n) is 23.6. The first-order valence-electron chi connectivity index (χ1n) is 14.6. The number of rotatable bonds is 4. The van der Waals surface area contributed by atoms with Crippen molar-refractivity contribution in [3.05, 3.63) is 146 Å². The highest BCUT2D eigenvalue weighted by molar-refractivity contribution is 6.15. The van der Waals surface area contributed by atoms with E-state index in [0.717, 1.165) is 83.2 Å². The number of pyridine rings is 2. The highest BCUT2D eigenvalue weighted by Gasteiger charge is 2.15. The minimum absolute atomic E-state index is 0.853. The molecule has 0 spiro atoms. The highest BCUT2D eigenvalue weighted by atomic mass is 16.3. The predicted molar refractivity (Wildman–Crippen MR) is 178 cm³/mol. The zero-order chi connectivity index (χ0) is 29.0. The fourth-order valence-electron chi connectivity index (χ4n) is 6.12. The van der Waals surface area contributed by atoms with Crippen molar-refractivity contribution in [2.24, 2.45) is 0 Å². The van der Waals surface area contributed by atoms with E-state index in [0.29, 0.717) is 0 Å². The van der Waals surface area contributed by atoms with Crippen LogP contribution in [0, 0.1) is 0 Å². The van der Waals surface area contributed by atoms with Gasteiger partial charge in [0.25, 0.3) is 0 Å². The molecule has 44 heavy (non-hydrogen) atoms. The Labute approximate surface area is 252 Å². The molecular weight excluding hydrogens is 540 g/mol. The SMILES string of the molecule is c1ccc(-c2ccc3oc4cc5c(cc4c3c2)oc2ccc(-c3ccc(-c4cccc(-c6ccccn6)n4)cc3)cc25)cc1. The van der Waals surface area contributed by atoms with Gasteiger partial charge < -0.3 is 8.83 Å². The van der Waals surface area contributed by atoms with Crippen LogP contribution in [-0.4, -0.2) is 9.97 Å². The van der Waals surface area contributed by atoms with Gasteiger partial charge in [0, 0.05) is 33.3 Å². The van der Waals surface area contributed by atoms with Crippen molar-refractivity contribution in [2.45, 2.75) is 0 Å². The fraction of sp³-hybridized carbons (Fsp3) is 0. The third-order valence-corrected chi connectivity index (χ3v) is 8.36. The Morgan fingerprint density at radius 3 is 1.50 bits per heavy atom. The van der Waals surface area contributed by atoms with E-state index in [4.69, 9.17) is 13.8 Å². The summed E-state index contributed by atoms with van der Waals surface area (Å²) in [5.74, 6) is 0. The Morgan fingerprint density at radius 2 is 0.864 bits per heavy atom. The van der Waals surface area contributed by atoms with E-state index in [-0.39, 0.29) is 0 Å². The molecule has 4 heteroatoms. The van der Waals surface area contributed by atoms with Crippen LogP contribution in [-0.2, 0) is 0 Å². The van der Waals surface area contributed by atoms with Crippen molar-refractivity contribution in [1.29, 1.82) is 0 Å². The van der Waals surface area contributed by atoms with Gasteiger partial charge in [-0.2, -0.15) is 0 Å². The minimum Gasteiger partial charge on any atom is -0.456 e. The molecule has 0 bridgehead atoms. The Morgan fingerprint density at radius 1 is 0.341 bits per heavy atom. The molecule has 4 heterocycles. The van der Waals surface area contributed by atoms with Gasteiger partial charge in [0.05, 0.1) is 17.1 Å². The lowest BCUT2D eigenvalue weighted by molar-refractivity contribution is 0.664. The first kappa shape index (κ1) is 24.6. The monoisotopic (exact) mass is 564 g/mol. The molecule has 0 aliphatic carbocycles. The van der Waals surface area contributed by atoms with Crippen LogP contribution in [0.4, 0.5) is 0 Å². The fourth-order valence-corrected chi connectivity index (χ4v) is 6.12. The highest BCUT2D eigenvalue weighted by Crippen LogP contribution is 2.39. The van der Waals surface area contributed by atoms with Crippen LogP contribution >= 0.6 is 0 Å². The van der Waals surface area contributed by atoms with E-state index in [1.54, 1.807) is 6.20 Å². The first-order chi connectivity index (χ1) is 21.8. The van der Waals surface area contributed by atoms with E-state index in [1.165, 1.54) is 5.56 Å². The van der Waals surface area contributed by atoms with Gasteiger partial charge in [-0.25, -0.2) is 4.98 Å². The first-order valence-corrected chi connectivity index (χ1v) is 14.6. The van der Waals surface area contributed by atoms with Crippen LogP contribution in [0.25, 0.3) is 88.8 Å². The lowest BCUT2D eigenvalue weighted by Gasteiger charge is -2.07. The standard InChI is InChI=1S/C40H24N2O2/c1-2-7-25(8-3-1)28-16-18-37-30(21-28)32-23-40-33(24-39(32)43-37)31-22-29(17-19-38(31)44-40)26-12-14-27(15-13-26)34-10-6-11-36(42-34)35-9-4-5-20-41-35/h1-24H. The summed E-state index contributed by atoms with van der Waals surface area (Å²) in [4.78, 5) is 9.31.